The maximum atomic E-state index is 11.0. The molecule has 0 unspecified atom stereocenters. The van der Waals surface area contributed by atoms with Crippen LogP contribution in [0.1, 0.15) is 20.0 Å². The van der Waals surface area contributed by atoms with Crippen molar-refractivity contribution in [2.75, 3.05) is 0 Å². The van der Waals surface area contributed by atoms with Gasteiger partial charge in [0.05, 0.1) is 10.4 Å². The van der Waals surface area contributed by atoms with Crippen molar-refractivity contribution in [3.8, 4) is 11.1 Å². The fraction of sp³-hybridized carbons (Fsp3) is 0. The number of carboxylic acids is 1. The third kappa shape index (κ3) is 1.85. The molecule has 0 aliphatic heterocycles. The van der Waals surface area contributed by atoms with Crippen LogP contribution >= 0.6 is 11.3 Å². The van der Waals surface area contributed by atoms with E-state index in [1.807, 2.05) is 0 Å². The zero-order chi connectivity index (χ0) is 11.5. The van der Waals surface area contributed by atoms with Crippen molar-refractivity contribution in [1.29, 1.82) is 0 Å². The Morgan fingerprint density at radius 2 is 2.31 bits per heavy atom. The second-order valence-electron chi connectivity index (χ2n) is 3.08. The summed E-state index contributed by atoms with van der Waals surface area (Å²) < 4.78 is 0. The molecule has 2 heterocycles. The van der Waals surface area contributed by atoms with Crippen LogP contribution in [0.4, 0.5) is 0 Å². The van der Waals surface area contributed by atoms with Gasteiger partial charge in [0.25, 0.3) is 0 Å². The van der Waals surface area contributed by atoms with Gasteiger partial charge in [-0.05, 0) is 23.1 Å². The third-order valence-electron chi connectivity index (χ3n) is 2.10. The number of aldehydes is 1. The van der Waals surface area contributed by atoms with Crippen molar-refractivity contribution in [2.24, 2.45) is 0 Å². The van der Waals surface area contributed by atoms with Gasteiger partial charge >= 0.3 is 5.97 Å². The monoisotopic (exact) mass is 233 g/mol. The molecule has 2 aromatic rings. The molecule has 0 saturated carbocycles. The number of carbonyl (C=O) groups is 2. The Kier molecular flexibility index (Phi) is 2.78. The lowest BCUT2D eigenvalue weighted by Gasteiger charge is -2.01. The van der Waals surface area contributed by atoms with Crippen LogP contribution in [0.2, 0.25) is 0 Å². The molecule has 0 aliphatic carbocycles. The van der Waals surface area contributed by atoms with Crippen LogP contribution in [0.25, 0.3) is 11.1 Å². The summed E-state index contributed by atoms with van der Waals surface area (Å²) in [6.45, 7) is 0. The van der Waals surface area contributed by atoms with Gasteiger partial charge in [-0.2, -0.15) is 0 Å². The zero-order valence-corrected chi connectivity index (χ0v) is 8.90. The van der Waals surface area contributed by atoms with Gasteiger partial charge < -0.3 is 5.11 Å². The summed E-state index contributed by atoms with van der Waals surface area (Å²) in [4.78, 5) is 26.0. The highest BCUT2D eigenvalue weighted by molar-refractivity contribution is 7.12. The molecule has 0 fully saturated rings. The average molecular weight is 233 g/mol. The number of carboxylic acid groups (broad SMARTS) is 1. The first kappa shape index (κ1) is 10.5. The number of rotatable bonds is 3. The van der Waals surface area contributed by atoms with Crippen molar-refractivity contribution in [1.82, 2.24) is 4.98 Å². The van der Waals surface area contributed by atoms with Gasteiger partial charge in [0.1, 0.15) is 0 Å². The van der Waals surface area contributed by atoms with Gasteiger partial charge in [-0.25, -0.2) is 4.79 Å². The Balaban J connectivity index is 2.54. The second kappa shape index (κ2) is 4.24. The second-order valence-corrected chi connectivity index (χ2v) is 4.02. The van der Waals surface area contributed by atoms with E-state index in [-0.39, 0.29) is 5.56 Å². The summed E-state index contributed by atoms with van der Waals surface area (Å²) in [6, 6.07) is 3.09. The Hall–Kier alpha value is -2.01. The smallest absolute Gasteiger partial charge is 0.336 e. The van der Waals surface area contributed by atoms with E-state index >= 15 is 0 Å². The molecule has 2 rings (SSSR count). The molecule has 16 heavy (non-hydrogen) atoms. The first-order valence-corrected chi connectivity index (χ1v) is 5.31. The topological polar surface area (TPSA) is 67.3 Å². The molecule has 5 heteroatoms. The molecule has 80 valence electrons. The minimum Gasteiger partial charge on any atom is -0.478 e. The molecule has 2 aromatic heterocycles. The van der Waals surface area contributed by atoms with Crippen LogP contribution < -0.4 is 0 Å². The number of aromatic nitrogens is 1. The summed E-state index contributed by atoms with van der Waals surface area (Å²) in [5, 5.41) is 10.7. The average Bonchev–Trinajstić information content (AvgIpc) is 2.77. The molecule has 1 N–H and O–H groups in total. The molecule has 4 nitrogen and oxygen atoms in total. The first-order valence-electron chi connectivity index (χ1n) is 4.44. The number of thiophene rings is 1. The maximum Gasteiger partial charge on any atom is 0.336 e. The number of aromatic carboxylic acids is 1. The molecule has 0 spiro atoms. The summed E-state index contributed by atoms with van der Waals surface area (Å²) in [5.41, 5.74) is 1.42. The largest absolute Gasteiger partial charge is 0.478 e. The minimum absolute atomic E-state index is 0.185. The summed E-state index contributed by atoms with van der Waals surface area (Å²) >= 11 is 1.28. The van der Waals surface area contributed by atoms with E-state index in [0.29, 0.717) is 16.0 Å². The van der Waals surface area contributed by atoms with Crippen LogP contribution in [0.3, 0.4) is 0 Å². The molecule has 0 bridgehead atoms. The maximum absolute atomic E-state index is 11.0. The van der Waals surface area contributed by atoms with E-state index in [0.717, 1.165) is 6.29 Å². The van der Waals surface area contributed by atoms with Crippen molar-refractivity contribution < 1.29 is 14.7 Å². The van der Waals surface area contributed by atoms with Crippen molar-refractivity contribution >= 4 is 23.6 Å². The molecule has 0 atom stereocenters. The molecular formula is C11H7NO3S. The summed E-state index contributed by atoms with van der Waals surface area (Å²) in [5.74, 6) is -1.00. The van der Waals surface area contributed by atoms with Crippen LogP contribution in [0.5, 0.6) is 0 Å². The Labute approximate surface area is 95.2 Å². The lowest BCUT2D eigenvalue weighted by atomic mass is 10.1. The lowest BCUT2D eigenvalue weighted by molar-refractivity contribution is 0.0697. The molecule has 0 aromatic carbocycles. The molecule has 0 amide bonds. The minimum atomic E-state index is -1.00. The normalized spacial score (nSPS) is 10.0. The highest BCUT2D eigenvalue weighted by Crippen LogP contribution is 2.27. The van der Waals surface area contributed by atoms with Crippen molar-refractivity contribution in [2.45, 2.75) is 0 Å². The van der Waals surface area contributed by atoms with Gasteiger partial charge in [0.15, 0.2) is 6.29 Å². The predicted octanol–water partition coefficient (Wildman–Crippen LogP) is 2.32. The van der Waals surface area contributed by atoms with Gasteiger partial charge in [-0.3, -0.25) is 9.78 Å². The third-order valence-corrected chi connectivity index (χ3v) is 2.96. The number of nitrogens with zero attached hydrogens (tertiary/aromatic N) is 1. The van der Waals surface area contributed by atoms with Crippen LogP contribution in [-0.2, 0) is 0 Å². The molecule has 0 aliphatic rings. The number of hydrogen-bond acceptors (Lipinski definition) is 4. The van der Waals surface area contributed by atoms with Crippen LogP contribution in [-0.4, -0.2) is 22.3 Å². The highest BCUT2D eigenvalue weighted by atomic mass is 32.1. The quantitative estimate of drug-likeness (QED) is 0.826. The Morgan fingerprint density at radius 1 is 1.50 bits per heavy atom. The lowest BCUT2D eigenvalue weighted by Crippen LogP contribution is -1.99. The van der Waals surface area contributed by atoms with E-state index in [2.05, 4.69) is 4.98 Å². The van der Waals surface area contributed by atoms with E-state index < -0.39 is 5.97 Å². The van der Waals surface area contributed by atoms with Gasteiger partial charge in [0, 0.05) is 18.0 Å². The van der Waals surface area contributed by atoms with Crippen LogP contribution in [0, 0.1) is 0 Å². The fourth-order valence-corrected chi connectivity index (χ4v) is 2.08. The van der Waals surface area contributed by atoms with E-state index in [9.17, 15) is 9.59 Å². The van der Waals surface area contributed by atoms with E-state index in [1.165, 1.54) is 29.8 Å². The number of pyridine rings is 1. The van der Waals surface area contributed by atoms with Crippen molar-refractivity contribution in [3.63, 3.8) is 0 Å². The number of hydrogen-bond donors (Lipinski definition) is 1. The Bertz CT molecular complexity index is 548. The standard InChI is InChI=1S/C11H7NO3S/c13-5-8-3-7(6-16-8)10-4-12-2-1-9(10)11(14)15/h1-6H,(H,14,15). The number of carbonyl (C=O) groups excluding carboxylic acids is 1. The predicted molar refractivity (Wildman–Crippen MR) is 59.9 cm³/mol. The van der Waals surface area contributed by atoms with Crippen LogP contribution in [0.15, 0.2) is 29.9 Å². The van der Waals surface area contributed by atoms with Crippen molar-refractivity contribution in [3.05, 3.63) is 40.3 Å². The molecule has 0 radical (unpaired) electrons. The van der Waals surface area contributed by atoms with Gasteiger partial charge in [0.2, 0.25) is 0 Å². The Morgan fingerprint density at radius 3 is 2.94 bits per heavy atom. The SMILES string of the molecule is O=Cc1cc(-c2cnccc2C(=O)O)cs1. The molecule has 0 saturated heterocycles. The molecular weight excluding hydrogens is 226 g/mol. The fourth-order valence-electron chi connectivity index (χ4n) is 1.37. The first-order chi connectivity index (χ1) is 7.72. The highest BCUT2D eigenvalue weighted by Gasteiger charge is 2.12. The summed E-state index contributed by atoms with van der Waals surface area (Å²) in [7, 11) is 0. The van der Waals surface area contributed by atoms with Gasteiger partial charge in [-0.15, -0.1) is 11.3 Å². The zero-order valence-electron chi connectivity index (χ0n) is 8.08. The summed E-state index contributed by atoms with van der Waals surface area (Å²) in [6.07, 6.45) is 3.66. The van der Waals surface area contributed by atoms with E-state index in [1.54, 1.807) is 11.4 Å². The van der Waals surface area contributed by atoms with E-state index in [4.69, 9.17) is 5.11 Å². The van der Waals surface area contributed by atoms with Gasteiger partial charge in [-0.1, -0.05) is 0 Å².